The van der Waals surface area contributed by atoms with Gasteiger partial charge in [0, 0.05) is 12.6 Å². The lowest BCUT2D eigenvalue weighted by Crippen LogP contribution is -2.14. The molecule has 0 unspecified atom stereocenters. The molecule has 0 aliphatic heterocycles. The SMILES string of the molecule is Cc1cccc(C)c1CNCc1ccno1. The van der Waals surface area contributed by atoms with Crippen molar-refractivity contribution in [3.05, 3.63) is 52.9 Å². The van der Waals surface area contributed by atoms with E-state index in [-0.39, 0.29) is 0 Å². The fourth-order valence-corrected chi connectivity index (χ4v) is 1.77. The second kappa shape index (κ2) is 4.94. The summed E-state index contributed by atoms with van der Waals surface area (Å²) in [7, 11) is 0. The zero-order valence-corrected chi connectivity index (χ0v) is 9.66. The third-order valence-corrected chi connectivity index (χ3v) is 2.74. The van der Waals surface area contributed by atoms with Crippen molar-refractivity contribution in [3.8, 4) is 0 Å². The van der Waals surface area contributed by atoms with E-state index in [0.717, 1.165) is 12.3 Å². The predicted octanol–water partition coefficient (Wildman–Crippen LogP) is 2.58. The Morgan fingerprint density at radius 1 is 1.12 bits per heavy atom. The van der Waals surface area contributed by atoms with Crippen LogP contribution in [0.5, 0.6) is 0 Å². The fourth-order valence-electron chi connectivity index (χ4n) is 1.77. The molecule has 0 aliphatic carbocycles. The van der Waals surface area contributed by atoms with Crippen LogP contribution >= 0.6 is 0 Å². The molecule has 1 N–H and O–H groups in total. The Hall–Kier alpha value is -1.61. The van der Waals surface area contributed by atoms with E-state index >= 15 is 0 Å². The molecule has 0 bridgehead atoms. The van der Waals surface area contributed by atoms with Crippen molar-refractivity contribution in [3.63, 3.8) is 0 Å². The first-order chi connectivity index (χ1) is 7.77. The molecular weight excluding hydrogens is 200 g/mol. The van der Waals surface area contributed by atoms with Gasteiger partial charge in [-0.25, -0.2) is 0 Å². The Labute approximate surface area is 95.5 Å². The lowest BCUT2D eigenvalue weighted by atomic mass is 10.0. The molecular formula is C13H16N2O. The van der Waals surface area contributed by atoms with Gasteiger partial charge in [0.2, 0.25) is 0 Å². The van der Waals surface area contributed by atoms with Crippen molar-refractivity contribution in [1.29, 1.82) is 0 Å². The molecule has 0 atom stereocenters. The maximum atomic E-state index is 5.02. The number of nitrogens with one attached hydrogen (secondary N) is 1. The quantitative estimate of drug-likeness (QED) is 0.853. The number of rotatable bonds is 4. The summed E-state index contributed by atoms with van der Waals surface area (Å²) in [5.74, 6) is 0.867. The Kier molecular flexibility index (Phi) is 3.37. The van der Waals surface area contributed by atoms with Gasteiger partial charge in [0.05, 0.1) is 12.7 Å². The lowest BCUT2D eigenvalue weighted by molar-refractivity contribution is 0.372. The summed E-state index contributed by atoms with van der Waals surface area (Å²) in [6, 6.07) is 8.24. The van der Waals surface area contributed by atoms with Crippen LogP contribution in [0.1, 0.15) is 22.5 Å². The molecule has 16 heavy (non-hydrogen) atoms. The van der Waals surface area contributed by atoms with E-state index in [1.54, 1.807) is 6.20 Å². The molecule has 1 heterocycles. The van der Waals surface area contributed by atoms with Gasteiger partial charge in [-0.2, -0.15) is 0 Å². The van der Waals surface area contributed by atoms with Gasteiger partial charge in [-0.3, -0.25) is 0 Å². The van der Waals surface area contributed by atoms with Gasteiger partial charge < -0.3 is 9.84 Å². The van der Waals surface area contributed by atoms with Gasteiger partial charge in [-0.15, -0.1) is 0 Å². The van der Waals surface area contributed by atoms with E-state index < -0.39 is 0 Å². The van der Waals surface area contributed by atoms with Crippen LogP contribution in [0.4, 0.5) is 0 Å². The number of hydrogen-bond donors (Lipinski definition) is 1. The minimum absolute atomic E-state index is 0.716. The van der Waals surface area contributed by atoms with Crippen molar-refractivity contribution in [2.75, 3.05) is 0 Å². The van der Waals surface area contributed by atoms with Crippen LogP contribution in [-0.4, -0.2) is 5.16 Å². The fraction of sp³-hybridized carbons (Fsp3) is 0.308. The number of hydrogen-bond acceptors (Lipinski definition) is 3. The van der Waals surface area contributed by atoms with Crippen molar-refractivity contribution >= 4 is 0 Å². The van der Waals surface area contributed by atoms with Crippen LogP contribution in [-0.2, 0) is 13.1 Å². The molecule has 0 amide bonds. The summed E-state index contributed by atoms with van der Waals surface area (Å²) >= 11 is 0. The molecule has 1 aromatic carbocycles. The van der Waals surface area contributed by atoms with Gasteiger partial charge >= 0.3 is 0 Å². The van der Waals surface area contributed by atoms with E-state index in [4.69, 9.17) is 4.52 Å². The minimum Gasteiger partial charge on any atom is -0.360 e. The molecule has 84 valence electrons. The van der Waals surface area contributed by atoms with Crippen LogP contribution in [0.25, 0.3) is 0 Å². The highest BCUT2D eigenvalue weighted by molar-refractivity contribution is 5.33. The number of nitrogens with zero attached hydrogens (tertiary/aromatic N) is 1. The Bertz CT molecular complexity index is 429. The maximum absolute atomic E-state index is 5.02. The molecule has 0 fully saturated rings. The highest BCUT2D eigenvalue weighted by atomic mass is 16.5. The molecule has 0 radical (unpaired) electrons. The second-order valence-electron chi connectivity index (χ2n) is 3.95. The average molecular weight is 216 g/mol. The van der Waals surface area contributed by atoms with Crippen LogP contribution in [0.3, 0.4) is 0 Å². The third-order valence-electron chi connectivity index (χ3n) is 2.74. The molecule has 0 saturated carbocycles. The monoisotopic (exact) mass is 216 g/mol. The van der Waals surface area contributed by atoms with Crippen molar-refractivity contribution in [2.24, 2.45) is 0 Å². The van der Waals surface area contributed by atoms with Crippen molar-refractivity contribution < 1.29 is 4.52 Å². The first kappa shape index (κ1) is 10.9. The third kappa shape index (κ3) is 2.49. The van der Waals surface area contributed by atoms with Crippen molar-refractivity contribution in [1.82, 2.24) is 10.5 Å². The van der Waals surface area contributed by atoms with E-state index in [1.165, 1.54) is 16.7 Å². The highest BCUT2D eigenvalue weighted by Crippen LogP contribution is 2.12. The molecule has 3 heteroatoms. The van der Waals surface area contributed by atoms with Crippen LogP contribution in [0.2, 0.25) is 0 Å². The van der Waals surface area contributed by atoms with Crippen LogP contribution < -0.4 is 5.32 Å². The standard InChI is InChI=1S/C13H16N2O/c1-10-4-3-5-11(2)13(10)9-14-8-12-6-7-15-16-12/h3-7,14H,8-9H2,1-2H3. The molecule has 2 rings (SSSR count). The smallest absolute Gasteiger partial charge is 0.150 e. The molecule has 0 saturated heterocycles. The number of aromatic nitrogens is 1. The maximum Gasteiger partial charge on any atom is 0.150 e. The normalized spacial score (nSPS) is 10.6. The average Bonchev–Trinajstić information content (AvgIpc) is 2.75. The largest absolute Gasteiger partial charge is 0.360 e. The second-order valence-corrected chi connectivity index (χ2v) is 3.95. The predicted molar refractivity (Wildman–Crippen MR) is 63.0 cm³/mol. The number of aryl methyl sites for hydroxylation is 2. The summed E-state index contributed by atoms with van der Waals surface area (Å²) < 4.78 is 5.02. The summed E-state index contributed by atoms with van der Waals surface area (Å²) in [5, 5.41) is 7.02. The summed E-state index contributed by atoms with van der Waals surface area (Å²) in [5.41, 5.74) is 4.01. The summed E-state index contributed by atoms with van der Waals surface area (Å²) in [4.78, 5) is 0. The zero-order chi connectivity index (χ0) is 11.4. The van der Waals surface area contributed by atoms with E-state index in [0.29, 0.717) is 6.54 Å². The van der Waals surface area contributed by atoms with E-state index in [1.807, 2.05) is 6.07 Å². The van der Waals surface area contributed by atoms with Gasteiger partial charge in [-0.05, 0) is 30.5 Å². The summed E-state index contributed by atoms with van der Waals surface area (Å²) in [6.07, 6.45) is 1.66. The molecule has 3 nitrogen and oxygen atoms in total. The van der Waals surface area contributed by atoms with Crippen LogP contribution in [0, 0.1) is 13.8 Å². The van der Waals surface area contributed by atoms with E-state index in [2.05, 4.69) is 42.5 Å². The zero-order valence-electron chi connectivity index (χ0n) is 9.66. The van der Waals surface area contributed by atoms with E-state index in [9.17, 15) is 0 Å². The Balaban J connectivity index is 1.95. The highest BCUT2D eigenvalue weighted by Gasteiger charge is 2.02. The van der Waals surface area contributed by atoms with Crippen molar-refractivity contribution in [2.45, 2.75) is 26.9 Å². The number of benzene rings is 1. The van der Waals surface area contributed by atoms with Gasteiger partial charge in [-0.1, -0.05) is 23.4 Å². The van der Waals surface area contributed by atoms with Crippen LogP contribution in [0.15, 0.2) is 35.0 Å². The molecule has 2 aromatic rings. The molecule has 0 spiro atoms. The first-order valence-corrected chi connectivity index (χ1v) is 5.43. The van der Waals surface area contributed by atoms with Gasteiger partial charge in [0.15, 0.2) is 0 Å². The van der Waals surface area contributed by atoms with Gasteiger partial charge in [0.25, 0.3) is 0 Å². The lowest BCUT2D eigenvalue weighted by Gasteiger charge is -2.09. The minimum atomic E-state index is 0.716. The molecule has 1 aromatic heterocycles. The Morgan fingerprint density at radius 3 is 2.50 bits per heavy atom. The topological polar surface area (TPSA) is 38.1 Å². The first-order valence-electron chi connectivity index (χ1n) is 5.43. The van der Waals surface area contributed by atoms with Gasteiger partial charge in [0.1, 0.15) is 5.76 Å². The Morgan fingerprint density at radius 2 is 1.88 bits per heavy atom. The molecule has 0 aliphatic rings. The summed E-state index contributed by atoms with van der Waals surface area (Å²) in [6.45, 7) is 5.85.